The molecule has 0 unspecified atom stereocenters. The van der Waals surface area contributed by atoms with Gasteiger partial charge in [0, 0.05) is 26.2 Å². The lowest BCUT2D eigenvalue weighted by Gasteiger charge is -2.32. The van der Waals surface area contributed by atoms with Gasteiger partial charge in [-0.2, -0.15) is 0 Å². The number of aromatic nitrogens is 2. The minimum Gasteiger partial charge on any atom is -0.478 e. The molecular formula is C25H32N4O2. The van der Waals surface area contributed by atoms with Gasteiger partial charge < -0.3 is 14.5 Å². The fourth-order valence-electron chi connectivity index (χ4n) is 4.01. The molecule has 1 aliphatic rings. The SMILES string of the molecule is CN1CCN(CCCCCOc2cc(=O)n(-c3ccccc3)n2-c2ccccc2)CC1. The summed E-state index contributed by atoms with van der Waals surface area (Å²) in [6.45, 7) is 6.44. The fraction of sp³-hybridized carbons (Fsp3) is 0.400. The fourth-order valence-corrected chi connectivity index (χ4v) is 4.01. The van der Waals surface area contributed by atoms with E-state index < -0.39 is 0 Å². The predicted molar refractivity (Wildman–Crippen MR) is 125 cm³/mol. The highest BCUT2D eigenvalue weighted by molar-refractivity contribution is 5.40. The lowest BCUT2D eigenvalue weighted by atomic mass is 10.2. The molecule has 1 aliphatic heterocycles. The van der Waals surface area contributed by atoms with Crippen LogP contribution in [0.3, 0.4) is 0 Å². The summed E-state index contributed by atoms with van der Waals surface area (Å²) < 4.78 is 9.63. The largest absolute Gasteiger partial charge is 0.478 e. The minimum atomic E-state index is -0.0971. The first-order chi connectivity index (χ1) is 15.2. The van der Waals surface area contributed by atoms with Crippen molar-refractivity contribution in [2.75, 3.05) is 46.4 Å². The molecule has 0 saturated carbocycles. The quantitative estimate of drug-likeness (QED) is 0.498. The Labute approximate surface area is 184 Å². The second kappa shape index (κ2) is 10.5. The predicted octanol–water partition coefficient (Wildman–Crippen LogP) is 3.42. The smallest absolute Gasteiger partial charge is 0.275 e. The van der Waals surface area contributed by atoms with Gasteiger partial charge in [0.15, 0.2) is 0 Å². The summed E-state index contributed by atoms with van der Waals surface area (Å²) in [6.07, 6.45) is 3.29. The van der Waals surface area contributed by atoms with Crippen molar-refractivity contribution in [1.82, 2.24) is 19.2 Å². The van der Waals surface area contributed by atoms with Crippen LogP contribution in [0.1, 0.15) is 19.3 Å². The van der Waals surface area contributed by atoms with E-state index >= 15 is 0 Å². The third-order valence-corrected chi connectivity index (χ3v) is 5.83. The molecule has 31 heavy (non-hydrogen) atoms. The number of benzene rings is 2. The summed E-state index contributed by atoms with van der Waals surface area (Å²) in [5, 5.41) is 0. The number of hydrogen-bond acceptors (Lipinski definition) is 4. The number of ether oxygens (including phenoxy) is 1. The molecule has 0 bridgehead atoms. The van der Waals surface area contributed by atoms with Crippen LogP contribution >= 0.6 is 0 Å². The van der Waals surface area contributed by atoms with Gasteiger partial charge in [-0.1, -0.05) is 36.4 Å². The monoisotopic (exact) mass is 420 g/mol. The zero-order valence-electron chi connectivity index (χ0n) is 18.3. The van der Waals surface area contributed by atoms with Gasteiger partial charge in [0.2, 0.25) is 5.88 Å². The van der Waals surface area contributed by atoms with Gasteiger partial charge in [-0.25, -0.2) is 9.36 Å². The Balaban J connectivity index is 1.39. The summed E-state index contributed by atoms with van der Waals surface area (Å²) in [4.78, 5) is 17.8. The summed E-state index contributed by atoms with van der Waals surface area (Å²) in [5.74, 6) is 0.583. The Morgan fingerprint density at radius 1 is 0.774 bits per heavy atom. The van der Waals surface area contributed by atoms with Crippen molar-refractivity contribution in [3.8, 4) is 17.3 Å². The molecule has 3 aromatic rings. The molecule has 0 aliphatic carbocycles. The second-order valence-electron chi connectivity index (χ2n) is 8.17. The average Bonchev–Trinajstić information content (AvgIpc) is 3.14. The minimum absolute atomic E-state index is 0.0971. The molecule has 1 fully saturated rings. The molecule has 2 heterocycles. The average molecular weight is 421 g/mol. The molecule has 2 aromatic carbocycles. The molecule has 6 nitrogen and oxygen atoms in total. The van der Waals surface area contributed by atoms with E-state index in [2.05, 4.69) is 16.8 Å². The van der Waals surface area contributed by atoms with Crippen molar-refractivity contribution in [2.45, 2.75) is 19.3 Å². The number of piperazine rings is 1. The normalized spacial score (nSPS) is 15.3. The molecule has 6 heteroatoms. The van der Waals surface area contributed by atoms with Gasteiger partial charge in [0.25, 0.3) is 5.56 Å². The first-order valence-corrected chi connectivity index (χ1v) is 11.2. The molecule has 0 N–H and O–H groups in total. The lowest BCUT2D eigenvalue weighted by molar-refractivity contribution is 0.151. The van der Waals surface area contributed by atoms with E-state index in [-0.39, 0.29) is 5.56 Å². The van der Waals surface area contributed by atoms with Gasteiger partial charge in [-0.05, 0) is 57.1 Å². The van der Waals surface area contributed by atoms with E-state index in [0.717, 1.165) is 30.8 Å². The Morgan fingerprint density at radius 3 is 2.03 bits per heavy atom. The standard InChI is InChI=1S/C25H32N4O2/c1-26-16-18-27(19-17-26)15-9-4-10-20-31-25-21-24(30)28(22-11-5-2-6-12-22)29(25)23-13-7-3-8-14-23/h2-3,5-8,11-14,21H,4,9-10,15-20H2,1H3. The van der Waals surface area contributed by atoms with Crippen LogP contribution in [-0.4, -0.2) is 65.5 Å². The molecule has 0 radical (unpaired) electrons. The van der Waals surface area contributed by atoms with Gasteiger partial charge in [-0.3, -0.25) is 4.79 Å². The van der Waals surface area contributed by atoms with E-state index in [1.807, 2.05) is 65.3 Å². The highest BCUT2D eigenvalue weighted by atomic mass is 16.5. The number of likely N-dealkylation sites (N-methyl/N-ethyl adjacent to an activating group) is 1. The number of unbranched alkanes of at least 4 members (excludes halogenated alkanes) is 2. The highest BCUT2D eigenvalue weighted by Gasteiger charge is 2.16. The summed E-state index contributed by atoms with van der Waals surface area (Å²) in [6, 6.07) is 21.2. The Morgan fingerprint density at radius 2 is 1.39 bits per heavy atom. The molecule has 0 spiro atoms. The molecule has 1 aromatic heterocycles. The van der Waals surface area contributed by atoms with Crippen molar-refractivity contribution in [3.05, 3.63) is 77.1 Å². The van der Waals surface area contributed by atoms with Crippen LogP contribution in [0, 0.1) is 0 Å². The third-order valence-electron chi connectivity index (χ3n) is 5.83. The zero-order chi connectivity index (χ0) is 21.5. The molecule has 1 saturated heterocycles. The van der Waals surface area contributed by atoms with E-state index in [9.17, 15) is 4.79 Å². The van der Waals surface area contributed by atoms with Crippen LogP contribution in [0.15, 0.2) is 71.5 Å². The van der Waals surface area contributed by atoms with Crippen molar-refractivity contribution in [2.24, 2.45) is 0 Å². The van der Waals surface area contributed by atoms with Crippen LogP contribution < -0.4 is 10.3 Å². The van der Waals surface area contributed by atoms with Crippen molar-refractivity contribution in [1.29, 1.82) is 0 Å². The van der Waals surface area contributed by atoms with Gasteiger partial charge in [-0.15, -0.1) is 0 Å². The number of para-hydroxylation sites is 2. The summed E-state index contributed by atoms with van der Waals surface area (Å²) in [7, 11) is 2.19. The summed E-state index contributed by atoms with van der Waals surface area (Å²) >= 11 is 0. The van der Waals surface area contributed by atoms with Gasteiger partial charge in [0.1, 0.15) is 0 Å². The number of nitrogens with zero attached hydrogens (tertiary/aromatic N) is 4. The van der Waals surface area contributed by atoms with Crippen molar-refractivity contribution in [3.63, 3.8) is 0 Å². The van der Waals surface area contributed by atoms with Crippen LogP contribution in [-0.2, 0) is 0 Å². The van der Waals surface area contributed by atoms with E-state index in [4.69, 9.17) is 4.74 Å². The third kappa shape index (κ3) is 5.46. The van der Waals surface area contributed by atoms with Crippen LogP contribution in [0.2, 0.25) is 0 Å². The highest BCUT2D eigenvalue weighted by Crippen LogP contribution is 2.20. The molecule has 4 rings (SSSR count). The molecule has 0 atom stereocenters. The Kier molecular flexibility index (Phi) is 7.22. The second-order valence-corrected chi connectivity index (χ2v) is 8.17. The van der Waals surface area contributed by atoms with Gasteiger partial charge in [0.05, 0.1) is 24.0 Å². The molecule has 164 valence electrons. The van der Waals surface area contributed by atoms with Crippen LogP contribution in [0.5, 0.6) is 5.88 Å². The van der Waals surface area contributed by atoms with Crippen LogP contribution in [0.4, 0.5) is 0 Å². The first-order valence-electron chi connectivity index (χ1n) is 11.2. The number of hydrogen-bond donors (Lipinski definition) is 0. The molecular weight excluding hydrogens is 388 g/mol. The van der Waals surface area contributed by atoms with E-state index in [1.165, 1.54) is 32.6 Å². The Bertz CT molecular complexity index is 989. The lowest BCUT2D eigenvalue weighted by Crippen LogP contribution is -2.44. The topological polar surface area (TPSA) is 42.6 Å². The summed E-state index contributed by atoms with van der Waals surface area (Å²) in [5.41, 5.74) is 1.62. The maximum Gasteiger partial charge on any atom is 0.275 e. The van der Waals surface area contributed by atoms with Crippen molar-refractivity contribution < 1.29 is 4.74 Å². The van der Waals surface area contributed by atoms with E-state index in [1.54, 1.807) is 10.7 Å². The maximum absolute atomic E-state index is 12.8. The Hall–Kier alpha value is -2.83. The van der Waals surface area contributed by atoms with Crippen LogP contribution in [0.25, 0.3) is 11.4 Å². The number of rotatable bonds is 9. The van der Waals surface area contributed by atoms with Gasteiger partial charge >= 0.3 is 0 Å². The zero-order valence-corrected chi connectivity index (χ0v) is 18.3. The van der Waals surface area contributed by atoms with Crippen molar-refractivity contribution >= 4 is 0 Å². The molecule has 0 amide bonds. The van der Waals surface area contributed by atoms with E-state index in [0.29, 0.717) is 12.5 Å². The first kappa shape index (κ1) is 21.4. The maximum atomic E-state index is 12.8.